The molecule has 0 fully saturated rings. The average Bonchev–Trinajstić information content (AvgIpc) is 3.36. The third-order valence-electron chi connectivity index (χ3n) is 4.79. The molecule has 4 aromatic rings. The van der Waals surface area contributed by atoms with Gasteiger partial charge in [0.25, 0.3) is 5.91 Å². The lowest BCUT2D eigenvalue weighted by Gasteiger charge is -2.05. The van der Waals surface area contributed by atoms with Gasteiger partial charge in [-0.2, -0.15) is 10.2 Å². The fourth-order valence-electron chi connectivity index (χ4n) is 3.16. The highest BCUT2D eigenvalue weighted by atomic mass is 16.6. The number of benzene rings is 2. The molecule has 1 amide bonds. The number of aryl methyl sites for hydroxylation is 1. The van der Waals surface area contributed by atoms with E-state index in [1.165, 1.54) is 17.1 Å². The Hall–Kier alpha value is -4.27. The number of nitro groups is 1. The number of nitrogens with one attached hydrogen (secondary N) is 1. The number of hydrogen-bond acceptors (Lipinski definition) is 5. The molecule has 0 aliphatic rings. The zero-order valence-electron chi connectivity index (χ0n) is 16.8. The van der Waals surface area contributed by atoms with E-state index in [0.29, 0.717) is 24.5 Å². The average molecular weight is 416 g/mol. The van der Waals surface area contributed by atoms with E-state index >= 15 is 0 Å². The van der Waals surface area contributed by atoms with Gasteiger partial charge in [0.1, 0.15) is 12.4 Å². The van der Waals surface area contributed by atoms with Gasteiger partial charge < -0.3 is 5.32 Å². The highest BCUT2D eigenvalue weighted by molar-refractivity contribution is 6.03. The predicted molar refractivity (Wildman–Crippen MR) is 115 cm³/mol. The maximum atomic E-state index is 12.6. The van der Waals surface area contributed by atoms with Crippen LogP contribution in [0.3, 0.4) is 0 Å². The number of aromatic nitrogens is 4. The molecule has 9 nitrogen and oxygen atoms in total. The number of anilines is 1. The lowest BCUT2D eigenvalue weighted by atomic mass is 10.1. The minimum atomic E-state index is -0.486. The molecule has 0 saturated carbocycles. The zero-order valence-corrected chi connectivity index (χ0v) is 16.8. The lowest BCUT2D eigenvalue weighted by molar-refractivity contribution is -0.385. The number of carbonyl (C=O) groups excluding carboxylic acids is 1. The molecule has 0 saturated heterocycles. The van der Waals surface area contributed by atoms with E-state index in [4.69, 9.17) is 0 Å². The van der Waals surface area contributed by atoms with Crippen LogP contribution in [-0.2, 0) is 13.1 Å². The predicted octanol–water partition coefficient (Wildman–Crippen LogP) is 3.65. The molecule has 9 heteroatoms. The molecule has 1 N–H and O–H groups in total. The molecule has 0 atom stereocenters. The van der Waals surface area contributed by atoms with Crippen LogP contribution in [0.4, 0.5) is 11.5 Å². The lowest BCUT2D eigenvalue weighted by Crippen LogP contribution is -2.13. The van der Waals surface area contributed by atoms with Crippen molar-refractivity contribution in [3.63, 3.8) is 0 Å². The second kappa shape index (κ2) is 8.62. The molecule has 0 spiro atoms. The van der Waals surface area contributed by atoms with Crippen LogP contribution < -0.4 is 5.32 Å². The Morgan fingerprint density at radius 3 is 2.45 bits per heavy atom. The monoisotopic (exact) mass is 416 g/mol. The van der Waals surface area contributed by atoms with Crippen molar-refractivity contribution >= 4 is 17.4 Å². The van der Waals surface area contributed by atoms with Crippen molar-refractivity contribution in [3.05, 3.63) is 106 Å². The Kier molecular flexibility index (Phi) is 5.57. The topological polar surface area (TPSA) is 108 Å². The van der Waals surface area contributed by atoms with Gasteiger partial charge in [-0.3, -0.25) is 24.3 Å². The van der Waals surface area contributed by atoms with Crippen molar-refractivity contribution in [2.24, 2.45) is 0 Å². The van der Waals surface area contributed by atoms with Crippen LogP contribution in [0.5, 0.6) is 0 Å². The maximum Gasteiger partial charge on any atom is 0.307 e. The highest BCUT2D eigenvalue weighted by Crippen LogP contribution is 2.14. The smallest absolute Gasteiger partial charge is 0.305 e. The summed E-state index contributed by atoms with van der Waals surface area (Å²) >= 11 is 0. The molecule has 31 heavy (non-hydrogen) atoms. The molecule has 0 unspecified atom stereocenters. The van der Waals surface area contributed by atoms with Crippen molar-refractivity contribution in [3.8, 4) is 0 Å². The van der Waals surface area contributed by atoms with E-state index in [9.17, 15) is 14.9 Å². The van der Waals surface area contributed by atoms with E-state index in [0.717, 1.165) is 16.8 Å². The van der Waals surface area contributed by atoms with E-state index in [1.54, 1.807) is 24.3 Å². The molecule has 2 aromatic carbocycles. The summed E-state index contributed by atoms with van der Waals surface area (Å²) in [5.41, 5.74) is 3.38. The molecule has 2 heterocycles. The van der Waals surface area contributed by atoms with Crippen molar-refractivity contribution in [1.29, 1.82) is 0 Å². The molecule has 0 bridgehead atoms. The number of carbonyl (C=O) groups is 1. The summed E-state index contributed by atoms with van der Waals surface area (Å²) in [7, 11) is 0. The first-order valence-corrected chi connectivity index (χ1v) is 9.63. The molecule has 4 rings (SSSR count). The van der Waals surface area contributed by atoms with Gasteiger partial charge in [0.2, 0.25) is 0 Å². The van der Waals surface area contributed by atoms with E-state index in [1.807, 2.05) is 48.0 Å². The van der Waals surface area contributed by atoms with Gasteiger partial charge in [0, 0.05) is 17.3 Å². The largest absolute Gasteiger partial charge is 0.307 e. The Morgan fingerprint density at radius 1 is 1.06 bits per heavy atom. The molecule has 0 radical (unpaired) electrons. The number of nitrogens with zero attached hydrogens (tertiary/aromatic N) is 5. The van der Waals surface area contributed by atoms with Crippen LogP contribution in [-0.4, -0.2) is 30.4 Å². The molecule has 0 aliphatic carbocycles. The standard InChI is InChI=1S/C22H20N6O3/c1-16-11-21(25-27(16)14-17-5-3-2-4-6-17)24-22(29)19-9-7-18(8-10-19)13-26-15-20(12-23-26)28(30)31/h2-12,15H,13-14H2,1H3,(H,24,25,29). The second-order valence-electron chi connectivity index (χ2n) is 7.12. The first-order valence-electron chi connectivity index (χ1n) is 9.63. The van der Waals surface area contributed by atoms with Gasteiger partial charge in [0.15, 0.2) is 5.82 Å². The van der Waals surface area contributed by atoms with E-state index < -0.39 is 4.92 Å². The first-order chi connectivity index (χ1) is 15.0. The normalized spacial score (nSPS) is 10.7. The van der Waals surface area contributed by atoms with E-state index in [2.05, 4.69) is 15.5 Å². The molecular formula is C22H20N6O3. The molecular weight excluding hydrogens is 396 g/mol. The summed E-state index contributed by atoms with van der Waals surface area (Å²) in [5, 5.41) is 22.0. The SMILES string of the molecule is Cc1cc(NC(=O)c2ccc(Cn3cc([N+](=O)[O-])cn3)cc2)nn1Cc1ccccc1. The quantitative estimate of drug-likeness (QED) is 0.365. The third kappa shape index (κ3) is 4.84. The van der Waals surface area contributed by atoms with Crippen molar-refractivity contribution < 1.29 is 9.72 Å². The first kappa shape index (κ1) is 20.0. The number of amides is 1. The Labute approximate surface area is 178 Å². The number of hydrogen-bond donors (Lipinski definition) is 1. The van der Waals surface area contributed by atoms with Crippen LogP contribution in [0, 0.1) is 17.0 Å². The van der Waals surface area contributed by atoms with Crippen molar-refractivity contribution in [1.82, 2.24) is 19.6 Å². The van der Waals surface area contributed by atoms with Gasteiger partial charge in [0.05, 0.1) is 18.0 Å². The van der Waals surface area contributed by atoms with Gasteiger partial charge in [-0.05, 0) is 30.2 Å². The second-order valence-corrected chi connectivity index (χ2v) is 7.12. The van der Waals surface area contributed by atoms with E-state index in [-0.39, 0.29) is 11.6 Å². The summed E-state index contributed by atoms with van der Waals surface area (Å²) in [6.07, 6.45) is 2.58. The molecule has 156 valence electrons. The van der Waals surface area contributed by atoms with Gasteiger partial charge in [-0.1, -0.05) is 42.5 Å². The zero-order chi connectivity index (χ0) is 21.8. The minimum absolute atomic E-state index is 0.0574. The van der Waals surface area contributed by atoms with Crippen LogP contribution in [0.1, 0.15) is 27.2 Å². The summed E-state index contributed by atoms with van der Waals surface area (Å²) < 4.78 is 3.33. The Morgan fingerprint density at radius 2 is 1.77 bits per heavy atom. The van der Waals surface area contributed by atoms with Gasteiger partial charge in [-0.15, -0.1) is 0 Å². The number of rotatable bonds is 7. The summed E-state index contributed by atoms with van der Waals surface area (Å²) in [4.78, 5) is 22.9. The molecule has 2 aromatic heterocycles. The van der Waals surface area contributed by atoms with Crippen molar-refractivity contribution in [2.75, 3.05) is 5.32 Å². The van der Waals surface area contributed by atoms with Crippen LogP contribution >= 0.6 is 0 Å². The maximum absolute atomic E-state index is 12.6. The van der Waals surface area contributed by atoms with Gasteiger partial charge in [-0.25, -0.2) is 0 Å². The fourth-order valence-corrected chi connectivity index (χ4v) is 3.16. The Bertz CT molecular complexity index is 1210. The Balaban J connectivity index is 1.39. The van der Waals surface area contributed by atoms with Crippen molar-refractivity contribution in [2.45, 2.75) is 20.0 Å². The molecule has 0 aliphatic heterocycles. The van der Waals surface area contributed by atoms with Crippen LogP contribution in [0.2, 0.25) is 0 Å². The fraction of sp³-hybridized carbons (Fsp3) is 0.136. The highest BCUT2D eigenvalue weighted by Gasteiger charge is 2.12. The summed E-state index contributed by atoms with van der Waals surface area (Å²) in [6, 6.07) is 18.8. The minimum Gasteiger partial charge on any atom is -0.305 e. The summed E-state index contributed by atoms with van der Waals surface area (Å²) in [5.74, 6) is 0.233. The third-order valence-corrected chi connectivity index (χ3v) is 4.79. The summed E-state index contributed by atoms with van der Waals surface area (Å²) in [6.45, 7) is 2.95. The van der Waals surface area contributed by atoms with Crippen LogP contribution in [0.15, 0.2) is 73.1 Å². The van der Waals surface area contributed by atoms with Gasteiger partial charge >= 0.3 is 5.69 Å². The van der Waals surface area contributed by atoms with Crippen LogP contribution in [0.25, 0.3) is 0 Å².